The van der Waals surface area contributed by atoms with E-state index in [9.17, 15) is 4.79 Å². The molecular formula is C16H23NO6. The van der Waals surface area contributed by atoms with E-state index in [2.05, 4.69) is 5.32 Å². The number of carboxylic acid groups (broad SMARTS) is 2. The Balaban J connectivity index is 0.000000688. The molecule has 0 atom stereocenters. The summed E-state index contributed by atoms with van der Waals surface area (Å²) in [4.78, 5) is 29.6. The minimum absolute atomic E-state index is 0.172. The van der Waals surface area contributed by atoms with E-state index >= 15 is 0 Å². The number of carboxylic acids is 2. The third-order valence-electron chi connectivity index (χ3n) is 2.77. The Morgan fingerprint density at radius 1 is 1.04 bits per heavy atom. The number of nitrogens with one attached hydrogen (secondary N) is 1. The molecule has 1 aromatic rings. The van der Waals surface area contributed by atoms with E-state index in [0.29, 0.717) is 6.42 Å². The maximum atomic E-state index is 11.4. The van der Waals surface area contributed by atoms with Gasteiger partial charge in [-0.3, -0.25) is 4.79 Å². The van der Waals surface area contributed by atoms with Crippen molar-refractivity contribution in [1.29, 1.82) is 0 Å². The van der Waals surface area contributed by atoms with Gasteiger partial charge >= 0.3 is 11.9 Å². The molecule has 23 heavy (non-hydrogen) atoms. The highest BCUT2D eigenvalue weighted by Gasteiger charge is 2.04. The van der Waals surface area contributed by atoms with Crippen LogP contribution in [0.25, 0.3) is 0 Å². The monoisotopic (exact) mass is 325 g/mol. The van der Waals surface area contributed by atoms with Gasteiger partial charge in [0.25, 0.3) is 0 Å². The van der Waals surface area contributed by atoms with Crippen LogP contribution in [-0.2, 0) is 9.59 Å². The van der Waals surface area contributed by atoms with Crippen molar-refractivity contribution >= 4 is 17.7 Å². The van der Waals surface area contributed by atoms with Crippen molar-refractivity contribution in [2.75, 3.05) is 20.2 Å². The topological polar surface area (TPSA) is 113 Å². The molecule has 0 spiro atoms. The second kappa shape index (κ2) is 12.2. The zero-order valence-corrected chi connectivity index (χ0v) is 13.4. The smallest absolute Gasteiger partial charge is 0.414 e. The quantitative estimate of drug-likeness (QED) is 0.379. The summed E-state index contributed by atoms with van der Waals surface area (Å²) in [5.41, 5.74) is 0.759. The zero-order chi connectivity index (χ0) is 17.7. The van der Waals surface area contributed by atoms with Crippen molar-refractivity contribution < 1.29 is 29.3 Å². The first-order chi connectivity index (χ1) is 10.9. The van der Waals surface area contributed by atoms with Crippen LogP contribution in [0.3, 0.4) is 0 Å². The van der Waals surface area contributed by atoms with Gasteiger partial charge in [-0.25, -0.2) is 9.59 Å². The highest BCUT2D eigenvalue weighted by Crippen LogP contribution is 2.13. The van der Waals surface area contributed by atoms with Crippen LogP contribution in [0, 0.1) is 0 Å². The van der Waals surface area contributed by atoms with Crippen molar-refractivity contribution in [3.63, 3.8) is 0 Å². The van der Waals surface area contributed by atoms with Crippen LogP contribution in [0.15, 0.2) is 24.3 Å². The summed E-state index contributed by atoms with van der Waals surface area (Å²) < 4.78 is 5.58. The summed E-state index contributed by atoms with van der Waals surface area (Å²) >= 11 is 0. The van der Waals surface area contributed by atoms with Crippen LogP contribution < -0.4 is 10.1 Å². The molecular weight excluding hydrogens is 302 g/mol. The molecule has 0 fully saturated rings. The van der Waals surface area contributed by atoms with Crippen LogP contribution in [0.1, 0.15) is 36.5 Å². The lowest BCUT2D eigenvalue weighted by molar-refractivity contribution is -0.159. The number of hydrogen-bond acceptors (Lipinski definition) is 5. The van der Waals surface area contributed by atoms with Crippen molar-refractivity contribution in [3.05, 3.63) is 29.8 Å². The number of carbonyl (C=O) groups excluding carboxylic acids is 1. The minimum Gasteiger partial charge on any atom is -0.494 e. The molecule has 0 aliphatic rings. The average Bonchev–Trinajstić information content (AvgIpc) is 2.55. The Bertz CT molecular complexity index is 486. The predicted molar refractivity (Wildman–Crippen MR) is 85.0 cm³/mol. The van der Waals surface area contributed by atoms with Gasteiger partial charge in [-0.05, 0) is 50.7 Å². The molecule has 7 nitrogen and oxygen atoms in total. The molecule has 0 heterocycles. The van der Waals surface area contributed by atoms with Gasteiger partial charge in [0.15, 0.2) is 5.78 Å². The molecule has 0 unspecified atom stereocenters. The fourth-order valence-corrected chi connectivity index (χ4v) is 1.54. The number of carbonyl (C=O) groups is 3. The van der Waals surface area contributed by atoms with E-state index in [1.165, 1.54) is 0 Å². The number of benzene rings is 1. The van der Waals surface area contributed by atoms with Crippen LogP contribution >= 0.6 is 0 Å². The van der Waals surface area contributed by atoms with Crippen molar-refractivity contribution in [2.24, 2.45) is 0 Å². The molecule has 0 saturated carbocycles. The van der Waals surface area contributed by atoms with Gasteiger partial charge in [0.1, 0.15) is 5.75 Å². The molecule has 0 aromatic heterocycles. The number of ether oxygens (including phenoxy) is 1. The fraction of sp³-hybridized carbons (Fsp3) is 0.438. The minimum atomic E-state index is -1.82. The second-order valence-corrected chi connectivity index (χ2v) is 4.57. The van der Waals surface area contributed by atoms with Crippen molar-refractivity contribution in [2.45, 2.75) is 26.2 Å². The summed E-state index contributed by atoms with van der Waals surface area (Å²) in [6, 6.07) is 7.38. The molecule has 0 radical (unpaired) electrons. The molecule has 1 rings (SSSR count). The van der Waals surface area contributed by atoms with Gasteiger partial charge in [0, 0.05) is 12.0 Å². The normalized spacial score (nSPS) is 9.48. The first kappa shape index (κ1) is 20.6. The Morgan fingerprint density at radius 2 is 1.61 bits per heavy atom. The molecule has 0 amide bonds. The largest absolute Gasteiger partial charge is 0.494 e. The predicted octanol–water partition coefficient (Wildman–Crippen LogP) is 1.81. The van der Waals surface area contributed by atoms with Crippen molar-refractivity contribution in [3.8, 4) is 5.75 Å². The lowest BCUT2D eigenvalue weighted by atomic mass is 10.1. The van der Waals surface area contributed by atoms with Gasteiger partial charge in [0.2, 0.25) is 0 Å². The van der Waals surface area contributed by atoms with Crippen molar-refractivity contribution in [1.82, 2.24) is 5.32 Å². The van der Waals surface area contributed by atoms with Gasteiger partial charge < -0.3 is 20.3 Å². The Morgan fingerprint density at radius 3 is 2.04 bits per heavy atom. The van der Waals surface area contributed by atoms with E-state index in [1.54, 1.807) is 0 Å². The molecule has 0 saturated heterocycles. The number of rotatable bonds is 8. The lowest BCUT2D eigenvalue weighted by Gasteiger charge is -2.06. The second-order valence-electron chi connectivity index (χ2n) is 4.57. The maximum absolute atomic E-state index is 11.4. The third-order valence-corrected chi connectivity index (χ3v) is 2.77. The third kappa shape index (κ3) is 10.0. The summed E-state index contributed by atoms with van der Waals surface area (Å²) in [7, 11) is 1.95. The highest BCUT2D eigenvalue weighted by molar-refractivity contribution is 6.27. The van der Waals surface area contributed by atoms with E-state index in [-0.39, 0.29) is 5.78 Å². The van der Waals surface area contributed by atoms with E-state index in [4.69, 9.17) is 24.5 Å². The first-order valence-corrected chi connectivity index (χ1v) is 7.29. The molecule has 0 bridgehead atoms. The molecule has 3 N–H and O–H groups in total. The Kier molecular flexibility index (Phi) is 10.9. The fourth-order valence-electron chi connectivity index (χ4n) is 1.54. The molecule has 128 valence electrons. The van der Waals surface area contributed by atoms with Gasteiger partial charge in [-0.1, -0.05) is 6.92 Å². The lowest BCUT2D eigenvalue weighted by Crippen LogP contribution is -2.09. The van der Waals surface area contributed by atoms with E-state index in [0.717, 1.165) is 37.3 Å². The number of ketones is 1. The standard InChI is InChI=1S/C14H21NO2.C2H2O4/c1-3-14(16)12-6-8-13(9-7-12)17-11-5-4-10-15-2;3-1(4)2(5)6/h6-9,15H,3-5,10-11H2,1-2H3;(H,3,4)(H,5,6). The van der Waals surface area contributed by atoms with Gasteiger partial charge in [0.05, 0.1) is 6.61 Å². The van der Waals surface area contributed by atoms with Crippen LogP contribution in [0.4, 0.5) is 0 Å². The van der Waals surface area contributed by atoms with Gasteiger partial charge in [-0.2, -0.15) is 0 Å². The van der Waals surface area contributed by atoms with Crippen LogP contribution in [0.5, 0.6) is 5.75 Å². The Hall–Kier alpha value is -2.41. The summed E-state index contributed by atoms with van der Waals surface area (Å²) in [5.74, 6) is -2.64. The SMILES string of the molecule is CCC(=O)c1ccc(OCCCCNC)cc1.O=C(O)C(=O)O. The summed E-state index contributed by atoms with van der Waals surface area (Å²) in [6.45, 7) is 3.62. The Labute approximate surface area is 135 Å². The zero-order valence-electron chi connectivity index (χ0n) is 13.4. The molecule has 1 aromatic carbocycles. The number of aliphatic carboxylic acids is 2. The maximum Gasteiger partial charge on any atom is 0.414 e. The number of Topliss-reactive ketones (excluding diaryl/α,β-unsaturated/α-hetero) is 1. The molecule has 7 heteroatoms. The highest BCUT2D eigenvalue weighted by atomic mass is 16.5. The number of unbranched alkanes of at least 4 members (excludes halogenated alkanes) is 1. The molecule has 0 aliphatic heterocycles. The van der Waals surface area contributed by atoms with Crippen LogP contribution in [0.2, 0.25) is 0 Å². The average molecular weight is 325 g/mol. The first-order valence-electron chi connectivity index (χ1n) is 7.29. The molecule has 0 aliphatic carbocycles. The summed E-state index contributed by atoms with van der Waals surface area (Å²) in [6.07, 6.45) is 2.70. The van der Waals surface area contributed by atoms with E-state index < -0.39 is 11.9 Å². The van der Waals surface area contributed by atoms with E-state index in [1.807, 2.05) is 38.2 Å². The van der Waals surface area contributed by atoms with Crippen LogP contribution in [-0.4, -0.2) is 48.1 Å². The number of hydrogen-bond donors (Lipinski definition) is 3. The summed E-state index contributed by atoms with van der Waals surface area (Å²) in [5, 5.41) is 17.9. The van der Waals surface area contributed by atoms with Gasteiger partial charge in [-0.15, -0.1) is 0 Å².